The fraction of sp³-hybridized carbons (Fsp3) is 0.417. The third-order valence-electron chi connectivity index (χ3n) is 2.94. The number of aromatic nitrogens is 2. The van der Waals surface area contributed by atoms with Crippen LogP contribution in [0.15, 0.2) is 18.2 Å². The van der Waals surface area contributed by atoms with E-state index in [1.54, 1.807) is 11.3 Å². The molecule has 3 rings (SSSR count). The van der Waals surface area contributed by atoms with Gasteiger partial charge in [0.05, 0.1) is 4.88 Å². The van der Waals surface area contributed by atoms with Crippen LogP contribution in [0.1, 0.15) is 18.2 Å². The highest BCUT2D eigenvalue weighted by Crippen LogP contribution is 2.30. The van der Waals surface area contributed by atoms with Crippen molar-refractivity contribution in [3.05, 3.63) is 23.1 Å². The highest BCUT2D eigenvalue weighted by Gasteiger charge is 2.17. The molecule has 0 amide bonds. The Morgan fingerprint density at radius 2 is 2.38 bits per heavy atom. The van der Waals surface area contributed by atoms with Gasteiger partial charge in [0.15, 0.2) is 0 Å². The molecule has 2 aromatic heterocycles. The Kier molecular flexibility index (Phi) is 2.24. The minimum Gasteiger partial charge on any atom is -0.368 e. The quantitative estimate of drug-likeness (QED) is 0.820. The van der Waals surface area contributed by atoms with Crippen molar-refractivity contribution in [1.29, 1.82) is 0 Å². The minimum absolute atomic E-state index is 0.558. The first-order valence-electron chi connectivity index (χ1n) is 5.63. The fourth-order valence-corrected chi connectivity index (χ4v) is 2.86. The molecular weight excluding hydrogens is 218 g/mol. The van der Waals surface area contributed by atoms with Gasteiger partial charge in [0, 0.05) is 23.5 Å². The predicted molar refractivity (Wildman–Crippen MR) is 68.0 cm³/mol. The Balaban J connectivity index is 1.98. The maximum Gasteiger partial charge on any atom is 0.125 e. The minimum atomic E-state index is 0.558. The number of rotatable bonds is 1. The summed E-state index contributed by atoms with van der Waals surface area (Å²) in [7, 11) is 0. The van der Waals surface area contributed by atoms with E-state index in [2.05, 4.69) is 47.1 Å². The van der Waals surface area contributed by atoms with Crippen molar-refractivity contribution < 1.29 is 0 Å². The molecule has 1 unspecified atom stereocenters. The van der Waals surface area contributed by atoms with Crippen molar-refractivity contribution in [2.75, 3.05) is 5.32 Å². The van der Waals surface area contributed by atoms with Gasteiger partial charge in [-0.25, -0.2) is 4.68 Å². The van der Waals surface area contributed by atoms with E-state index in [0.717, 1.165) is 24.5 Å². The Hall–Kier alpha value is -1.29. The maximum atomic E-state index is 4.63. The number of anilines is 1. The Labute approximate surface area is 99.1 Å². The summed E-state index contributed by atoms with van der Waals surface area (Å²) in [6, 6.07) is 7.01. The monoisotopic (exact) mass is 233 g/mol. The molecule has 0 saturated carbocycles. The molecule has 4 heteroatoms. The van der Waals surface area contributed by atoms with Crippen molar-refractivity contribution in [1.82, 2.24) is 9.78 Å². The van der Waals surface area contributed by atoms with Crippen molar-refractivity contribution in [3.8, 4) is 10.6 Å². The van der Waals surface area contributed by atoms with Crippen LogP contribution in [0.25, 0.3) is 10.6 Å². The lowest BCUT2D eigenvalue weighted by Crippen LogP contribution is -2.25. The molecule has 1 N–H and O–H groups in total. The molecule has 1 aliphatic rings. The van der Waals surface area contributed by atoms with Crippen molar-refractivity contribution in [3.63, 3.8) is 0 Å². The summed E-state index contributed by atoms with van der Waals surface area (Å²) < 4.78 is 2.07. The van der Waals surface area contributed by atoms with Gasteiger partial charge < -0.3 is 5.32 Å². The molecule has 1 atom stereocenters. The molecule has 0 aliphatic carbocycles. The first kappa shape index (κ1) is 9.90. The molecule has 0 radical (unpaired) electrons. The van der Waals surface area contributed by atoms with Gasteiger partial charge in [-0.05, 0) is 32.4 Å². The van der Waals surface area contributed by atoms with Crippen LogP contribution in [0.5, 0.6) is 0 Å². The zero-order valence-corrected chi connectivity index (χ0v) is 10.3. The molecule has 16 heavy (non-hydrogen) atoms. The van der Waals surface area contributed by atoms with E-state index >= 15 is 0 Å². The molecule has 0 saturated heterocycles. The average molecular weight is 233 g/mol. The first-order chi connectivity index (χ1) is 7.72. The maximum absolute atomic E-state index is 4.63. The topological polar surface area (TPSA) is 29.9 Å². The lowest BCUT2D eigenvalue weighted by atomic mass is 10.2. The first-order valence-corrected chi connectivity index (χ1v) is 6.45. The molecule has 0 bridgehead atoms. The normalized spacial score (nSPS) is 19.2. The van der Waals surface area contributed by atoms with Gasteiger partial charge in [0.25, 0.3) is 0 Å². The van der Waals surface area contributed by atoms with Crippen LogP contribution < -0.4 is 5.32 Å². The average Bonchev–Trinajstić information content (AvgIpc) is 2.83. The van der Waals surface area contributed by atoms with Crippen molar-refractivity contribution >= 4 is 17.2 Å². The fourth-order valence-electron chi connectivity index (χ4n) is 2.04. The molecule has 1 aliphatic heterocycles. The summed E-state index contributed by atoms with van der Waals surface area (Å²) in [5.74, 6) is 1.15. The van der Waals surface area contributed by atoms with E-state index in [-0.39, 0.29) is 0 Å². The number of thiophene rings is 1. The van der Waals surface area contributed by atoms with Gasteiger partial charge in [-0.3, -0.25) is 0 Å². The van der Waals surface area contributed by atoms with Crippen LogP contribution in [-0.2, 0) is 6.54 Å². The lowest BCUT2D eigenvalue weighted by molar-refractivity contribution is 0.513. The third kappa shape index (κ3) is 1.63. The summed E-state index contributed by atoms with van der Waals surface area (Å²) in [6.07, 6.45) is 1.15. The highest BCUT2D eigenvalue weighted by molar-refractivity contribution is 7.15. The van der Waals surface area contributed by atoms with Crippen LogP contribution in [0.4, 0.5) is 5.82 Å². The molecule has 3 heterocycles. The largest absolute Gasteiger partial charge is 0.368 e. The zero-order valence-electron chi connectivity index (χ0n) is 9.53. The lowest BCUT2D eigenvalue weighted by Gasteiger charge is -2.21. The summed E-state index contributed by atoms with van der Waals surface area (Å²) in [6.45, 7) is 5.36. The van der Waals surface area contributed by atoms with E-state index in [4.69, 9.17) is 0 Å². The Morgan fingerprint density at radius 3 is 3.12 bits per heavy atom. The van der Waals surface area contributed by atoms with Crippen molar-refractivity contribution in [2.45, 2.75) is 32.9 Å². The highest BCUT2D eigenvalue weighted by atomic mass is 32.1. The smallest absolute Gasteiger partial charge is 0.125 e. The molecule has 0 spiro atoms. The summed E-state index contributed by atoms with van der Waals surface area (Å²) in [5.41, 5.74) is 1.09. The van der Waals surface area contributed by atoms with Gasteiger partial charge in [-0.2, -0.15) is 5.10 Å². The number of aryl methyl sites for hydroxylation is 2. The van der Waals surface area contributed by atoms with Gasteiger partial charge in [-0.1, -0.05) is 0 Å². The van der Waals surface area contributed by atoms with Gasteiger partial charge >= 0.3 is 0 Å². The number of hydrogen-bond donors (Lipinski definition) is 1. The molecule has 0 fully saturated rings. The van der Waals surface area contributed by atoms with Crippen LogP contribution in [0.2, 0.25) is 0 Å². The standard InChI is InChI=1S/C12H15N3S/c1-8-5-6-15-12(13-8)7-10(14-15)11-4-3-9(2)16-11/h3-4,7-8,13H,5-6H2,1-2H3. The molecule has 84 valence electrons. The van der Waals surface area contributed by atoms with Crippen molar-refractivity contribution in [2.24, 2.45) is 0 Å². The molecular formula is C12H15N3S. The second-order valence-corrected chi connectivity index (χ2v) is 5.67. The number of nitrogens with one attached hydrogen (secondary N) is 1. The van der Waals surface area contributed by atoms with E-state index in [0.29, 0.717) is 6.04 Å². The third-order valence-corrected chi connectivity index (χ3v) is 3.96. The summed E-state index contributed by atoms with van der Waals surface area (Å²) in [5, 5.41) is 8.10. The molecule has 2 aromatic rings. The number of nitrogens with zero attached hydrogens (tertiary/aromatic N) is 2. The van der Waals surface area contributed by atoms with Crippen LogP contribution >= 0.6 is 11.3 Å². The zero-order chi connectivity index (χ0) is 11.1. The predicted octanol–water partition coefficient (Wildman–Crippen LogP) is 3.12. The van der Waals surface area contributed by atoms with E-state index in [1.165, 1.54) is 9.75 Å². The van der Waals surface area contributed by atoms with Crippen LogP contribution in [0.3, 0.4) is 0 Å². The summed E-state index contributed by atoms with van der Waals surface area (Å²) >= 11 is 1.80. The Morgan fingerprint density at radius 1 is 1.50 bits per heavy atom. The van der Waals surface area contributed by atoms with E-state index < -0.39 is 0 Å². The van der Waals surface area contributed by atoms with Gasteiger partial charge in [-0.15, -0.1) is 11.3 Å². The second-order valence-electron chi connectivity index (χ2n) is 4.38. The summed E-state index contributed by atoms with van der Waals surface area (Å²) in [4.78, 5) is 2.59. The molecule has 0 aromatic carbocycles. The van der Waals surface area contributed by atoms with Crippen LogP contribution in [-0.4, -0.2) is 15.8 Å². The van der Waals surface area contributed by atoms with Crippen LogP contribution in [0, 0.1) is 6.92 Å². The van der Waals surface area contributed by atoms with E-state index in [1.807, 2.05) is 0 Å². The van der Waals surface area contributed by atoms with E-state index in [9.17, 15) is 0 Å². The van der Waals surface area contributed by atoms with Gasteiger partial charge in [0.1, 0.15) is 11.5 Å². The second kappa shape index (κ2) is 3.63. The number of fused-ring (bicyclic) bond motifs is 1. The van der Waals surface area contributed by atoms with Gasteiger partial charge in [0.2, 0.25) is 0 Å². The molecule has 3 nitrogen and oxygen atoms in total. The number of hydrogen-bond acceptors (Lipinski definition) is 3. The SMILES string of the molecule is Cc1ccc(-c2cc3n(n2)CCC(C)N3)s1. The Bertz CT molecular complexity index is 512.